The molecule has 0 fully saturated rings. The Hall–Kier alpha value is -1.79. The molecular formula is C12H11ClN2O. The summed E-state index contributed by atoms with van der Waals surface area (Å²) < 4.78 is 0. The minimum Gasteiger partial charge on any atom is -0.365 e. The van der Waals surface area contributed by atoms with Crippen LogP contribution in [0, 0.1) is 18.3 Å². The summed E-state index contributed by atoms with van der Waals surface area (Å²) in [7, 11) is 0. The largest absolute Gasteiger partial charge is 0.365 e. The van der Waals surface area contributed by atoms with Gasteiger partial charge in [0.25, 0.3) is 5.91 Å². The number of primary amides is 1. The van der Waals surface area contributed by atoms with E-state index < -0.39 is 5.91 Å². The number of benzene rings is 1. The number of amides is 1. The number of aryl methyl sites for hydroxylation is 1. The van der Waals surface area contributed by atoms with E-state index in [4.69, 9.17) is 22.6 Å². The first-order valence-electron chi connectivity index (χ1n) is 4.64. The van der Waals surface area contributed by atoms with Crippen LogP contribution < -0.4 is 5.73 Å². The predicted octanol–water partition coefficient (Wildman–Crippen LogP) is 2.43. The second-order valence-corrected chi connectivity index (χ2v) is 3.87. The number of halogens is 1. The third-order valence-corrected chi connectivity index (χ3v) is 2.57. The third-order valence-electron chi connectivity index (χ3n) is 2.26. The van der Waals surface area contributed by atoms with Crippen LogP contribution in [-0.2, 0) is 4.79 Å². The summed E-state index contributed by atoms with van der Waals surface area (Å²) in [5.74, 6) is -0.739. The van der Waals surface area contributed by atoms with Gasteiger partial charge in [-0.3, -0.25) is 4.79 Å². The summed E-state index contributed by atoms with van der Waals surface area (Å²) in [5, 5.41) is 9.33. The van der Waals surface area contributed by atoms with Crippen LogP contribution in [0.2, 0.25) is 5.02 Å². The molecule has 16 heavy (non-hydrogen) atoms. The number of nitrogens with two attached hydrogens (primary N) is 1. The molecule has 0 aliphatic rings. The quantitative estimate of drug-likeness (QED) is 0.631. The van der Waals surface area contributed by atoms with Crippen molar-refractivity contribution >= 4 is 23.1 Å². The third kappa shape index (κ3) is 2.41. The van der Waals surface area contributed by atoms with Crippen molar-refractivity contribution < 1.29 is 4.79 Å². The minimum atomic E-state index is -0.739. The van der Waals surface area contributed by atoms with Gasteiger partial charge in [-0.2, -0.15) is 5.26 Å². The summed E-state index contributed by atoms with van der Waals surface area (Å²) in [5.41, 5.74) is 7.21. The Bertz CT molecular complexity index is 512. The highest BCUT2D eigenvalue weighted by atomic mass is 35.5. The van der Waals surface area contributed by atoms with Crippen molar-refractivity contribution in [2.45, 2.75) is 13.8 Å². The van der Waals surface area contributed by atoms with Gasteiger partial charge in [-0.15, -0.1) is 0 Å². The molecule has 3 nitrogen and oxygen atoms in total. The second-order valence-electron chi connectivity index (χ2n) is 3.46. The van der Waals surface area contributed by atoms with Crippen LogP contribution >= 0.6 is 11.6 Å². The normalized spacial score (nSPS) is 11.6. The van der Waals surface area contributed by atoms with Crippen molar-refractivity contribution in [1.29, 1.82) is 5.26 Å². The fraction of sp³-hybridized carbons (Fsp3) is 0.167. The van der Waals surface area contributed by atoms with Crippen molar-refractivity contribution in [2.75, 3.05) is 0 Å². The fourth-order valence-electron chi connectivity index (χ4n) is 1.38. The molecule has 0 saturated carbocycles. The zero-order chi connectivity index (χ0) is 12.3. The van der Waals surface area contributed by atoms with Gasteiger partial charge < -0.3 is 5.73 Å². The molecular weight excluding hydrogens is 224 g/mol. The van der Waals surface area contributed by atoms with E-state index in [-0.39, 0.29) is 5.57 Å². The lowest BCUT2D eigenvalue weighted by Crippen LogP contribution is -2.14. The molecule has 0 radical (unpaired) electrons. The molecule has 0 aliphatic carbocycles. The van der Waals surface area contributed by atoms with E-state index >= 15 is 0 Å². The number of allylic oxidation sites excluding steroid dienone is 1. The molecule has 0 bridgehead atoms. The number of carbonyl (C=O) groups is 1. The summed E-state index contributed by atoms with van der Waals surface area (Å²) in [6.45, 7) is 3.56. The number of hydrogen-bond donors (Lipinski definition) is 1. The van der Waals surface area contributed by atoms with Gasteiger partial charge in [0.1, 0.15) is 11.6 Å². The summed E-state index contributed by atoms with van der Waals surface area (Å²) >= 11 is 6.03. The SMILES string of the molecule is C/C(=C(\C#N)C(N)=O)c1ccc(C)cc1Cl. The number of hydrogen-bond acceptors (Lipinski definition) is 2. The van der Waals surface area contributed by atoms with Crippen molar-refractivity contribution in [3.8, 4) is 6.07 Å². The Morgan fingerprint density at radius 2 is 2.12 bits per heavy atom. The van der Waals surface area contributed by atoms with E-state index in [1.54, 1.807) is 25.1 Å². The minimum absolute atomic E-state index is 0.0641. The Kier molecular flexibility index (Phi) is 3.70. The Labute approximate surface area is 99.1 Å². The van der Waals surface area contributed by atoms with E-state index in [9.17, 15) is 4.79 Å². The van der Waals surface area contributed by atoms with E-state index in [1.165, 1.54) is 0 Å². The van der Waals surface area contributed by atoms with Gasteiger partial charge in [-0.1, -0.05) is 23.7 Å². The number of nitriles is 1. The molecule has 0 unspecified atom stereocenters. The molecule has 2 N–H and O–H groups in total. The first-order chi connectivity index (χ1) is 7.47. The Morgan fingerprint density at radius 3 is 2.56 bits per heavy atom. The molecule has 0 saturated heterocycles. The molecule has 0 aromatic heterocycles. The lowest BCUT2D eigenvalue weighted by molar-refractivity contribution is -0.114. The topological polar surface area (TPSA) is 66.9 Å². The highest BCUT2D eigenvalue weighted by Crippen LogP contribution is 2.26. The smallest absolute Gasteiger partial charge is 0.259 e. The zero-order valence-electron chi connectivity index (χ0n) is 9.04. The number of carbonyl (C=O) groups excluding carboxylic acids is 1. The monoisotopic (exact) mass is 234 g/mol. The second kappa shape index (κ2) is 4.82. The van der Waals surface area contributed by atoms with Crippen molar-refractivity contribution in [3.63, 3.8) is 0 Å². The zero-order valence-corrected chi connectivity index (χ0v) is 9.80. The number of nitrogens with zero attached hydrogens (tertiary/aromatic N) is 1. The maximum atomic E-state index is 11.0. The first-order valence-corrected chi connectivity index (χ1v) is 5.02. The molecule has 0 aliphatic heterocycles. The molecule has 4 heteroatoms. The standard InChI is InChI=1S/C12H11ClN2O/c1-7-3-4-9(11(13)5-7)8(2)10(6-14)12(15)16/h3-5H,1-2H3,(H2,15,16)/b10-8-. The maximum absolute atomic E-state index is 11.0. The van der Waals surface area contributed by atoms with Gasteiger partial charge in [0, 0.05) is 5.02 Å². The van der Waals surface area contributed by atoms with E-state index in [2.05, 4.69) is 0 Å². The summed E-state index contributed by atoms with van der Waals surface area (Å²) in [4.78, 5) is 11.0. The van der Waals surface area contributed by atoms with Crippen molar-refractivity contribution in [2.24, 2.45) is 5.73 Å². The van der Waals surface area contributed by atoms with Gasteiger partial charge in [-0.05, 0) is 36.6 Å². The van der Waals surface area contributed by atoms with Crippen LogP contribution in [0.1, 0.15) is 18.1 Å². The summed E-state index contributed by atoms with van der Waals surface area (Å²) in [6.07, 6.45) is 0. The van der Waals surface area contributed by atoms with Gasteiger partial charge in [0.05, 0.1) is 0 Å². The van der Waals surface area contributed by atoms with Crippen LogP contribution in [0.25, 0.3) is 5.57 Å². The first kappa shape index (κ1) is 12.3. The highest BCUT2D eigenvalue weighted by molar-refractivity contribution is 6.32. The lowest BCUT2D eigenvalue weighted by atomic mass is 10.0. The molecule has 1 amide bonds. The number of rotatable bonds is 2. The Morgan fingerprint density at radius 1 is 1.50 bits per heavy atom. The molecule has 1 aromatic carbocycles. The van der Waals surface area contributed by atoms with E-state index in [0.29, 0.717) is 16.2 Å². The Balaban J connectivity index is 3.40. The van der Waals surface area contributed by atoms with Crippen LogP contribution in [-0.4, -0.2) is 5.91 Å². The molecule has 82 valence electrons. The molecule has 0 spiro atoms. The summed E-state index contributed by atoms with van der Waals surface area (Å²) in [6, 6.07) is 7.20. The molecule has 0 heterocycles. The maximum Gasteiger partial charge on any atom is 0.259 e. The predicted molar refractivity (Wildman–Crippen MR) is 63.6 cm³/mol. The average Bonchev–Trinajstić information content (AvgIpc) is 2.17. The lowest BCUT2D eigenvalue weighted by Gasteiger charge is -2.06. The van der Waals surface area contributed by atoms with Crippen LogP contribution in [0.3, 0.4) is 0 Å². The van der Waals surface area contributed by atoms with Crippen LogP contribution in [0.15, 0.2) is 23.8 Å². The van der Waals surface area contributed by atoms with Gasteiger partial charge in [-0.25, -0.2) is 0 Å². The van der Waals surface area contributed by atoms with E-state index in [0.717, 1.165) is 5.56 Å². The van der Waals surface area contributed by atoms with Crippen LogP contribution in [0.4, 0.5) is 0 Å². The highest BCUT2D eigenvalue weighted by Gasteiger charge is 2.12. The average molecular weight is 235 g/mol. The fourth-order valence-corrected chi connectivity index (χ4v) is 1.76. The van der Waals surface area contributed by atoms with Crippen LogP contribution in [0.5, 0.6) is 0 Å². The molecule has 1 rings (SSSR count). The van der Waals surface area contributed by atoms with Gasteiger partial charge in [0.2, 0.25) is 0 Å². The van der Waals surface area contributed by atoms with Crippen molar-refractivity contribution in [3.05, 3.63) is 39.9 Å². The molecule has 0 atom stereocenters. The molecule has 1 aromatic rings. The van der Waals surface area contributed by atoms with E-state index in [1.807, 2.05) is 13.0 Å². The van der Waals surface area contributed by atoms with Gasteiger partial charge in [0.15, 0.2) is 0 Å². The van der Waals surface area contributed by atoms with Crippen molar-refractivity contribution in [1.82, 2.24) is 0 Å². The van der Waals surface area contributed by atoms with Gasteiger partial charge >= 0.3 is 0 Å².